The largest absolute Gasteiger partial charge is 0.478 e. The SMILES string of the molecule is O=C(O)c1cccc(N2C(=O)[C@@H]3CCCN3[C@@H]3CS(=O)(=O)C[C@@H]32)c1. The zero-order valence-corrected chi connectivity index (χ0v) is 13.8. The van der Waals surface area contributed by atoms with Crippen molar-refractivity contribution < 1.29 is 23.1 Å². The third-order valence-electron chi connectivity index (χ3n) is 5.24. The van der Waals surface area contributed by atoms with E-state index < -0.39 is 21.8 Å². The number of benzene rings is 1. The van der Waals surface area contributed by atoms with Gasteiger partial charge in [-0.25, -0.2) is 13.2 Å². The van der Waals surface area contributed by atoms with E-state index >= 15 is 0 Å². The molecule has 0 unspecified atom stereocenters. The maximum Gasteiger partial charge on any atom is 0.335 e. The maximum atomic E-state index is 13.0. The second-order valence-electron chi connectivity index (χ2n) is 6.67. The highest BCUT2D eigenvalue weighted by Gasteiger charge is 2.54. The highest BCUT2D eigenvalue weighted by Crippen LogP contribution is 2.37. The minimum Gasteiger partial charge on any atom is -0.478 e. The monoisotopic (exact) mass is 350 g/mol. The Labute approximate surface area is 139 Å². The number of rotatable bonds is 2. The molecule has 3 saturated heterocycles. The molecule has 1 aromatic carbocycles. The average molecular weight is 350 g/mol. The molecule has 3 atom stereocenters. The molecule has 0 radical (unpaired) electrons. The summed E-state index contributed by atoms with van der Waals surface area (Å²) in [5.74, 6) is -1.19. The van der Waals surface area contributed by atoms with Gasteiger partial charge >= 0.3 is 5.97 Å². The molecule has 1 N–H and O–H groups in total. The molecule has 0 spiro atoms. The number of hydrogen-bond donors (Lipinski definition) is 1. The van der Waals surface area contributed by atoms with E-state index in [2.05, 4.69) is 0 Å². The first-order chi connectivity index (χ1) is 11.4. The van der Waals surface area contributed by atoms with Crippen LogP contribution in [0.3, 0.4) is 0 Å². The molecule has 8 heteroatoms. The van der Waals surface area contributed by atoms with Crippen LogP contribution >= 0.6 is 0 Å². The van der Waals surface area contributed by atoms with Gasteiger partial charge in [0.1, 0.15) is 0 Å². The molecule has 3 aliphatic heterocycles. The summed E-state index contributed by atoms with van der Waals surface area (Å²) in [6.45, 7) is 0.746. The number of carbonyl (C=O) groups excluding carboxylic acids is 1. The molecule has 1 aromatic rings. The van der Waals surface area contributed by atoms with Crippen molar-refractivity contribution in [3.05, 3.63) is 29.8 Å². The molecule has 1 amide bonds. The minimum atomic E-state index is -3.21. The molecule has 7 nitrogen and oxygen atoms in total. The van der Waals surface area contributed by atoms with E-state index in [4.69, 9.17) is 0 Å². The van der Waals surface area contributed by atoms with Gasteiger partial charge in [0, 0.05) is 11.7 Å². The second kappa shape index (κ2) is 5.29. The maximum absolute atomic E-state index is 13.0. The highest BCUT2D eigenvalue weighted by molar-refractivity contribution is 7.91. The summed E-state index contributed by atoms with van der Waals surface area (Å²) in [7, 11) is -3.21. The molecule has 3 heterocycles. The van der Waals surface area contributed by atoms with Crippen molar-refractivity contribution in [2.75, 3.05) is 23.0 Å². The van der Waals surface area contributed by atoms with Crippen LogP contribution in [0, 0.1) is 0 Å². The third-order valence-corrected chi connectivity index (χ3v) is 6.94. The van der Waals surface area contributed by atoms with Gasteiger partial charge in [0.25, 0.3) is 0 Å². The third kappa shape index (κ3) is 2.32. The van der Waals surface area contributed by atoms with Crippen molar-refractivity contribution in [2.24, 2.45) is 0 Å². The Hall–Kier alpha value is -1.93. The van der Waals surface area contributed by atoms with Gasteiger partial charge < -0.3 is 10.0 Å². The van der Waals surface area contributed by atoms with Crippen molar-refractivity contribution in [3.63, 3.8) is 0 Å². The van der Waals surface area contributed by atoms with Crippen LogP contribution in [0.4, 0.5) is 5.69 Å². The fourth-order valence-corrected chi connectivity index (χ4v) is 6.22. The fraction of sp³-hybridized carbons (Fsp3) is 0.500. The number of hydrogen-bond acceptors (Lipinski definition) is 5. The topological polar surface area (TPSA) is 95.0 Å². The van der Waals surface area contributed by atoms with Gasteiger partial charge in [0.05, 0.1) is 29.2 Å². The summed E-state index contributed by atoms with van der Waals surface area (Å²) < 4.78 is 24.4. The van der Waals surface area contributed by atoms with E-state index in [1.165, 1.54) is 17.0 Å². The molecule has 3 fully saturated rings. The summed E-state index contributed by atoms with van der Waals surface area (Å²) in [5, 5.41) is 9.19. The predicted molar refractivity (Wildman–Crippen MR) is 86.8 cm³/mol. The van der Waals surface area contributed by atoms with E-state index in [0.29, 0.717) is 5.69 Å². The van der Waals surface area contributed by atoms with Crippen molar-refractivity contribution >= 4 is 27.4 Å². The van der Waals surface area contributed by atoms with Crippen LogP contribution in [0.15, 0.2) is 24.3 Å². The Morgan fingerprint density at radius 3 is 2.71 bits per heavy atom. The molecule has 0 aromatic heterocycles. The van der Waals surface area contributed by atoms with Gasteiger partial charge in [0.2, 0.25) is 5.91 Å². The second-order valence-corrected chi connectivity index (χ2v) is 8.82. The number of carboxylic acid groups (broad SMARTS) is 1. The van der Waals surface area contributed by atoms with Crippen LogP contribution in [0.5, 0.6) is 0 Å². The lowest BCUT2D eigenvalue weighted by atomic mass is 9.99. The predicted octanol–water partition coefficient (Wildman–Crippen LogP) is 0.361. The summed E-state index contributed by atoms with van der Waals surface area (Å²) in [6, 6.07) is 5.24. The average Bonchev–Trinajstić information content (AvgIpc) is 3.11. The standard InChI is InChI=1S/C16H18N2O5S/c19-15-12-5-2-6-17(12)13-8-24(22,23)9-14(13)18(15)11-4-1-3-10(7-11)16(20)21/h1,3-4,7,12-14H,2,5-6,8-9H2,(H,20,21)/t12-,13+,14-/m0/s1. The summed E-state index contributed by atoms with van der Waals surface area (Å²) >= 11 is 0. The number of fused-ring (bicyclic) bond motifs is 3. The van der Waals surface area contributed by atoms with E-state index in [9.17, 15) is 23.1 Å². The normalized spacial score (nSPS) is 31.8. The Kier molecular flexibility index (Phi) is 3.43. The quantitative estimate of drug-likeness (QED) is 0.828. The number of carboxylic acids is 1. The first kappa shape index (κ1) is 15.6. The van der Waals surface area contributed by atoms with Gasteiger partial charge in [-0.2, -0.15) is 0 Å². The molecular formula is C16H18N2O5S. The first-order valence-corrected chi connectivity index (χ1v) is 9.82. The van der Waals surface area contributed by atoms with Crippen molar-refractivity contribution in [2.45, 2.75) is 31.0 Å². The van der Waals surface area contributed by atoms with Crippen LogP contribution in [0.2, 0.25) is 0 Å². The summed E-state index contributed by atoms with van der Waals surface area (Å²) in [5.41, 5.74) is 0.560. The van der Waals surface area contributed by atoms with Gasteiger partial charge in [-0.3, -0.25) is 9.69 Å². The zero-order chi connectivity index (χ0) is 17.1. The van der Waals surface area contributed by atoms with Crippen molar-refractivity contribution in [1.82, 2.24) is 4.90 Å². The molecule has 128 valence electrons. The minimum absolute atomic E-state index is 0.0655. The summed E-state index contributed by atoms with van der Waals surface area (Å²) in [4.78, 5) is 27.8. The molecule has 0 aliphatic carbocycles. The Morgan fingerprint density at radius 1 is 1.21 bits per heavy atom. The van der Waals surface area contributed by atoms with E-state index in [1.807, 2.05) is 4.90 Å². The number of amides is 1. The van der Waals surface area contributed by atoms with Crippen LogP contribution in [0.1, 0.15) is 23.2 Å². The van der Waals surface area contributed by atoms with E-state index in [0.717, 1.165) is 19.4 Å². The number of anilines is 1. The molecule has 3 aliphatic rings. The number of piperazine rings is 1. The lowest BCUT2D eigenvalue weighted by Crippen LogP contribution is -2.64. The van der Waals surface area contributed by atoms with Crippen LogP contribution in [0.25, 0.3) is 0 Å². The van der Waals surface area contributed by atoms with Crippen LogP contribution in [-0.2, 0) is 14.6 Å². The number of nitrogens with zero attached hydrogens (tertiary/aromatic N) is 2. The number of carbonyl (C=O) groups is 2. The van der Waals surface area contributed by atoms with Gasteiger partial charge in [-0.15, -0.1) is 0 Å². The molecular weight excluding hydrogens is 332 g/mol. The molecule has 0 bridgehead atoms. The number of sulfone groups is 1. The Morgan fingerprint density at radius 2 is 1.96 bits per heavy atom. The van der Waals surface area contributed by atoms with Gasteiger partial charge in [0.15, 0.2) is 9.84 Å². The van der Waals surface area contributed by atoms with Crippen molar-refractivity contribution in [3.8, 4) is 0 Å². The molecule has 4 rings (SSSR count). The zero-order valence-electron chi connectivity index (χ0n) is 13.0. The van der Waals surface area contributed by atoms with Gasteiger partial charge in [-0.1, -0.05) is 6.07 Å². The Balaban J connectivity index is 1.80. The lowest BCUT2D eigenvalue weighted by Gasteiger charge is -2.45. The van der Waals surface area contributed by atoms with Crippen LogP contribution < -0.4 is 4.90 Å². The number of aromatic carboxylic acids is 1. The van der Waals surface area contributed by atoms with E-state index in [-0.39, 0.29) is 35.1 Å². The molecule has 24 heavy (non-hydrogen) atoms. The summed E-state index contributed by atoms with van der Waals surface area (Å²) in [6.07, 6.45) is 1.60. The molecule has 0 saturated carbocycles. The first-order valence-electron chi connectivity index (χ1n) is 8.00. The van der Waals surface area contributed by atoms with E-state index in [1.54, 1.807) is 12.1 Å². The highest BCUT2D eigenvalue weighted by atomic mass is 32.2. The van der Waals surface area contributed by atoms with Crippen LogP contribution in [-0.4, -0.2) is 66.5 Å². The smallest absolute Gasteiger partial charge is 0.335 e. The Bertz CT molecular complexity index is 822. The fourth-order valence-electron chi connectivity index (χ4n) is 4.26. The lowest BCUT2D eigenvalue weighted by molar-refractivity contribution is -0.126. The van der Waals surface area contributed by atoms with Gasteiger partial charge in [-0.05, 0) is 37.6 Å². The van der Waals surface area contributed by atoms with Crippen molar-refractivity contribution in [1.29, 1.82) is 0 Å².